The number of thioether (sulfide) groups is 1. The third-order valence-corrected chi connectivity index (χ3v) is 8.62. The van der Waals surface area contributed by atoms with Gasteiger partial charge in [-0.05, 0) is 80.1 Å². The largest absolute Gasteiger partial charge is 0.508 e. The first-order chi connectivity index (χ1) is 21.7. The standard InChI is InChI=1S/C34H30N4O5S2/c1-20-12-15-27-30(16-20)45-34(37-27)38-31(40)21(2)44-26-11-7-10-24(18-26)35-33(42)28(36-32(41)22-8-5-4-6-9-22)17-23-13-14-25(39)19-29(23)43-3/h4-19,21,39H,1-3H3,(H,35,42)(H,36,41)(H,37,38,40)/b28-17+. The molecule has 0 saturated heterocycles. The SMILES string of the molecule is COc1cc(O)ccc1/C=C(/NC(=O)c1ccccc1)C(=O)Nc1cccc(SC(C)C(=O)Nc2nc3ccc(C)cc3s2)c1. The summed E-state index contributed by atoms with van der Waals surface area (Å²) in [7, 11) is 1.44. The zero-order chi connectivity index (χ0) is 31.9. The molecule has 1 aromatic heterocycles. The van der Waals surface area contributed by atoms with E-state index in [0.717, 1.165) is 20.7 Å². The highest BCUT2D eigenvalue weighted by Crippen LogP contribution is 2.30. The number of nitrogens with zero attached hydrogens (tertiary/aromatic N) is 1. The third kappa shape index (κ3) is 8.08. The fraction of sp³-hybridized carbons (Fsp3) is 0.118. The molecule has 0 fully saturated rings. The number of aryl methyl sites for hydroxylation is 1. The van der Waals surface area contributed by atoms with Gasteiger partial charge in [0.2, 0.25) is 5.91 Å². The van der Waals surface area contributed by atoms with Crippen LogP contribution in [0.5, 0.6) is 11.5 Å². The summed E-state index contributed by atoms with van der Waals surface area (Å²) in [6.07, 6.45) is 1.48. The highest BCUT2D eigenvalue weighted by atomic mass is 32.2. The van der Waals surface area contributed by atoms with E-state index in [0.29, 0.717) is 27.7 Å². The Morgan fingerprint density at radius 2 is 1.76 bits per heavy atom. The summed E-state index contributed by atoms with van der Waals surface area (Å²) < 4.78 is 6.36. The predicted molar refractivity (Wildman–Crippen MR) is 180 cm³/mol. The Bertz CT molecular complexity index is 1910. The molecule has 0 radical (unpaired) electrons. The average molecular weight is 639 g/mol. The van der Waals surface area contributed by atoms with Crippen LogP contribution in [0.25, 0.3) is 16.3 Å². The van der Waals surface area contributed by atoms with Crippen LogP contribution in [0.1, 0.15) is 28.4 Å². The number of aromatic nitrogens is 1. The van der Waals surface area contributed by atoms with Crippen LogP contribution in [0.4, 0.5) is 10.8 Å². The smallest absolute Gasteiger partial charge is 0.272 e. The number of amides is 3. The fourth-order valence-electron chi connectivity index (χ4n) is 4.31. The lowest BCUT2D eigenvalue weighted by Crippen LogP contribution is -2.30. The molecule has 0 spiro atoms. The minimum Gasteiger partial charge on any atom is -0.508 e. The molecule has 11 heteroatoms. The molecular formula is C34H30N4O5S2. The molecule has 1 unspecified atom stereocenters. The van der Waals surface area contributed by atoms with Gasteiger partial charge in [-0.3, -0.25) is 14.4 Å². The molecule has 0 aliphatic heterocycles. The number of carbonyl (C=O) groups excluding carboxylic acids is 3. The van der Waals surface area contributed by atoms with Crippen molar-refractivity contribution in [3.8, 4) is 11.5 Å². The first-order valence-corrected chi connectivity index (χ1v) is 15.6. The van der Waals surface area contributed by atoms with E-state index in [9.17, 15) is 19.5 Å². The van der Waals surface area contributed by atoms with Crippen molar-refractivity contribution in [3.05, 3.63) is 113 Å². The van der Waals surface area contributed by atoms with Crippen molar-refractivity contribution >= 4 is 67.9 Å². The molecule has 228 valence electrons. The van der Waals surface area contributed by atoms with Crippen LogP contribution in [0, 0.1) is 6.92 Å². The lowest BCUT2D eigenvalue weighted by Gasteiger charge is -2.14. The Morgan fingerprint density at radius 1 is 0.956 bits per heavy atom. The van der Waals surface area contributed by atoms with Gasteiger partial charge in [-0.15, -0.1) is 11.8 Å². The van der Waals surface area contributed by atoms with Crippen molar-refractivity contribution in [1.82, 2.24) is 10.3 Å². The minimum atomic E-state index is -0.576. The molecule has 1 atom stereocenters. The maximum absolute atomic E-state index is 13.5. The number of hydrogen-bond donors (Lipinski definition) is 4. The van der Waals surface area contributed by atoms with E-state index in [4.69, 9.17) is 4.74 Å². The van der Waals surface area contributed by atoms with E-state index < -0.39 is 17.1 Å². The summed E-state index contributed by atoms with van der Waals surface area (Å²) in [6.45, 7) is 3.81. The Morgan fingerprint density at radius 3 is 2.53 bits per heavy atom. The molecule has 5 aromatic rings. The highest BCUT2D eigenvalue weighted by Gasteiger charge is 2.19. The van der Waals surface area contributed by atoms with Gasteiger partial charge in [-0.2, -0.15) is 0 Å². The molecule has 9 nitrogen and oxygen atoms in total. The number of rotatable bonds is 10. The van der Waals surface area contributed by atoms with Gasteiger partial charge in [-0.1, -0.05) is 41.7 Å². The van der Waals surface area contributed by atoms with Crippen molar-refractivity contribution in [3.63, 3.8) is 0 Å². The minimum absolute atomic E-state index is 0.00397. The van der Waals surface area contributed by atoms with Gasteiger partial charge in [0.25, 0.3) is 11.8 Å². The number of aromatic hydroxyl groups is 1. The zero-order valence-corrected chi connectivity index (χ0v) is 26.3. The Hall–Kier alpha value is -5.13. The molecule has 4 N–H and O–H groups in total. The number of hydrogen-bond acceptors (Lipinski definition) is 8. The number of nitrogens with one attached hydrogen (secondary N) is 3. The van der Waals surface area contributed by atoms with Gasteiger partial charge in [0.15, 0.2) is 5.13 Å². The maximum Gasteiger partial charge on any atom is 0.272 e. The molecule has 0 bridgehead atoms. The Kier molecular flexibility index (Phi) is 9.81. The normalized spacial score (nSPS) is 11.9. The van der Waals surface area contributed by atoms with Crippen LogP contribution in [-0.2, 0) is 9.59 Å². The number of carbonyl (C=O) groups is 3. The summed E-state index contributed by atoms with van der Waals surface area (Å²) in [5.41, 5.74) is 3.24. The fourth-order valence-corrected chi connectivity index (χ4v) is 6.21. The molecule has 5 rings (SSSR count). The van der Waals surface area contributed by atoms with E-state index in [1.165, 1.54) is 48.4 Å². The van der Waals surface area contributed by atoms with Crippen molar-refractivity contribution in [2.75, 3.05) is 17.7 Å². The molecule has 3 amide bonds. The molecule has 0 saturated carbocycles. The number of ether oxygens (including phenoxy) is 1. The number of phenols is 1. The summed E-state index contributed by atoms with van der Waals surface area (Å²) in [5, 5.41) is 18.4. The number of benzene rings is 4. The second-order valence-corrected chi connectivity index (χ2v) is 12.5. The monoisotopic (exact) mass is 638 g/mol. The van der Waals surface area contributed by atoms with Crippen LogP contribution in [0.15, 0.2) is 102 Å². The number of fused-ring (bicyclic) bond motifs is 1. The van der Waals surface area contributed by atoms with Crippen LogP contribution in [0.2, 0.25) is 0 Å². The lowest BCUT2D eigenvalue weighted by atomic mass is 10.1. The number of thiazole rings is 1. The van der Waals surface area contributed by atoms with E-state index in [2.05, 4.69) is 20.9 Å². The third-order valence-electron chi connectivity index (χ3n) is 6.59. The molecule has 4 aromatic carbocycles. The number of methoxy groups -OCH3 is 1. The molecule has 0 aliphatic carbocycles. The van der Waals surface area contributed by atoms with Gasteiger partial charge in [0.1, 0.15) is 17.2 Å². The van der Waals surface area contributed by atoms with Crippen molar-refractivity contribution in [1.29, 1.82) is 0 Å². The molecule has 1 heterocycles. The second kappa shape index (κ2) is 14.1. The van der Waals surface area contributed by atoms with Crippen LogP contribution in [0.3, 0.4) is 0 Å². The average Bonchev–Trinajstić information content (AvgIpc) is 3.43. The summed E-state index contributed by atoms with van der Waals surface area (Å²) in [6, 6.07) is 26.0. The van der Waals surface area contributed by atoms with Crippen molar-refractivity contribution in [2.24, 2.45) is 0 Å². The zero-order valence-electron chi connectivity index (χ0n) is 24.7. The van der Waals surface area contributed by atoms with Gasteiger partial charge >= 0.3 is 0 Å². The predicted octanol–water partition coefficient (Wildman–Crippen LogP) is 6.85. The Labute approximate surface area is 268 Å². The Balaban J connectivity index is 1.31. The molecule has 0 aliphatic rings. The number of anilines is 2. The van der Waals surface area contributed by atoms with E-state index in [1.807, 2.05) is 31.2 Å². The second-order valence-electron chi connectivity index (χ2n) is 10.0. The van der Waals surface area contributed by atoms with Gasteiger partial charge in [0.05, 0.1) is 22.6 Å². The van der Waals surface area contributed by atoms with E-state index >= 15 is 0 Å². The van der Waals surface area contributed by atoms with Gasteiger partial charge < -0.3 is 25.8 Å². The quantitative estimate of drug-likeness (QED) is 0.0973. The highest BCUT2D eigenvalue weighted by molar-refractivity contribution is 8.00. The van der Waals surface area contributed by atoms with Gasteiger partial charge in [-0.25, -0.2) is 4.98 Å². The summed E-state index contributed by atoms with van der Waals surface area (Å²) in [5.74, 6) is -0.922. The maximum atomic E-state index is 13.5. The van der Waals surface area contributed by atoms with E-state index in [1.54, 1.807) is 61.5 Å². The van der Waals surface area contributed by atoms with Crippen LogP contribution < -0.4 is 20.7 Å². The van der Waals surface area contributed by atoms with Crippen molar-refractivity contribution in [2.45, 2.75) is 24.0 Å². The molecular weight excluding hydrogens is 609 g/mol. The van der Waals surface area contributed by atoms with Gasteiger partial charge in [0, 0.05) is 27.8 Å². The summed E-state index contributed by atoms with van der Waals surface area (Å²) >= 11 is 2.76. The molecule has 45 heavy (non-hydrogen) atoms. The summed E-state index contributed by atoms with van der Waals surface area (Å²) in [4.78, 5) is 44.8. The van der Waals surface area contributed by atoms with Crippen molar-refractivity contribution < 1.29 is 24.2 Å². The van der Waals surface area contributed by atoms with Crippen LogP contribution >= 0.6 is 23.1 Å². The van der Waals surface area contributed by atoms with E-state index in [-0.39, 0.29) is 17.4 Å². The first-order valence-electron chi connectivity index (χ1n) is 13.9. The number of phenolic OH excluding ortho intramolecular Hbond substituents is 1. The van der Waals surface area contributed by atoms with Crippen LogP contribution in [-0.4, -0.2) is 40.2 Å². The lowest BCUT2D eigenvalue weighted by molar-refractivity contribution is -0.115. The first kappa shape index (κ1) is 31.3. The topological polar surface area (TPSA) is 130 Å².